The van der Waals surface area contributed by atoms with Crippen molar-refractivity contribution in [1.82, 2.24) is 4.90 Å². The molecule has 0 heterocycles. The van der Waals surface area contributed by atoms with E-state index in [4.69, 9.17) is 11.6 Å². The minimum Gasteiger partial charge on any atom is -0.375 e. The van der Waals surface area contributed by atoms with E-state index in [0.717, 1.165) is 25.9 Å². The molecule has 0 aromatic rings. The summed E-state index contributed by atoms with van der Waals surface area (Å²) in [7, 11) is 0. The van der Waals surface area contributed by atoms with Crippen LogP contribution in [0.2, 0.25) is 0 Å². The fourth-order valence-corrected chi connectivity index (χ4v) is 3.14. The van der Waals surface area contributed by atoms with E-state index in [9.17, 15) is 9.90 Å². The minimum atomic E-state index is -1.38. The first-order chi connectivity index (χ1) is 8.07. The fourth-order valence-electron chi connectivity index (χ4n) is 2.73. The highest BCUT2D eigenvalue weighted by molar-refractivity contribution is 6.48. The van der Waals surface area contributed by atoms with Gasteiger partial charge in [-0.15, -0.1) is 0 Å². The minimum absolute atomic E-state index is 0.118. The molecule has 3 nitrogen and oxygen atoms in total. The second-order valence-corrected chi connectivity index (χ2v) is 4.92. The van der Waals surface area contributed by atoms with Gasteiger partial charge >= 0.3 is 0 Å². The fraction of sp³-hybridized carbons (Fsp3) is 0.615. The monoisotopic (exact) mass is 255 g/mol. The molecule has 2 rings (SSSR count). The summed E-state index contributed by atoms with van der Waals surface area (Å²) in [5.41, 5.74) is -0.762. The van der Waals surface area contributed by atoms with E-state index < -0.39 is 5.60 Å². The highest BCUT2D eigenvalue weighted by Gasteiger charge is 2.58. The average molecular weight is 256 g/mol. The molecule has 0 radical (unpaired) electrons. The Hall–Kier alpha value is -0.800. The molecule has 1 N–H and O–H groups in total. The molecule has 0 aromatic heterocycles. The van der Waals surface area contributed by atoms with E-state index in [0.29, 0.717) is 5.70 Å². The number of hydrogen-bond donors (Lipinski definition) is 1. The van der Waals surface area contributed by atoms with Crippen LogP contribution in [0.4, 0.5) is 0 Å². The molecule has 0 bridgehead atoms. The Balaban J connectivity index is 2.35. The average Bonchev–Trinajstić information content (AvgIpc) is 2.88. The van der Waals surface area contributed by atoms with Gasteiger partial charge in [0.15, 0.2) is 5.60 Å². The van der Waals surface area contributed by atoms with Crippen molar-refractivity contribution in [3.8, 4) is 0 Å². The Labute approximate surface area is 107 Å². The van der Waals surface area contributed by atoms with Crippen LogP contribution < -0.4 is 0 Å². The molecular weight excluding hydrogens is 238 g/mol. The first kappa shape index (κ1) is 12.7. The van der Waals surface area contributed by atoms with Crippen LogP contribution in [-0.4, -0.2) is 34.5 Å². The first-order valence-electron chi connectivity index (χ1n) is 6.16. The van der Waals surface area contributed by atoms with Crippen LogP contribution in [0.1, 0.15) is 26.7 Å². The zero-order chi connectivity index (χ0) is 12.6. The predicted molar refractivity (Wildman–Crippen MR) is 67.6 cm³/mol. The molecule has 0 spiro atoms. The molecule has 2 aliphatic rings. The van der Waals surface area contributed by atoms with Gasteiger partial charge < -0.3 is 10.0 Å². The summed E-state index contributed by atoms with van der Waals surface area (Å²) in [4.78, 5) is 13.9. The predicted octanol–water partition coefficient (Wildman–Crippen LogP) is 2.06. The number of rotatable bonds is 4. The maximum atomic E-state index is 11.9. The van der Waals surface area contributed by atoms with Crippen LogP contribution in [0.15, 0.2) is 22.9 Å². The molecule has 0 aromatic carbocycles. The van der Waals surface area contributed by atoms with E-state index in [1.807, 2.05) is 30.9 Å². The van der Waals surface area contributed by atoms with Crippen molar-refractivity contribution in [3.05, 3.63) is 22.9 Å². The lowest BCUT2D eigenvalue weighted by atomic mass is 9.72. The number of halogens is 1. The highest BCUT2D eigenvalue weighted by atomic mass is 35.5. The molecule has 0 aliphatic heterocycles. The molecule has 0 amide bonds. The van der Waals surface area contributed by atoms with Gasteiger partial charge in [-0.05, 0) is 26.7 Å². The number of nitrogens with zero attached hydrogens (tertiary/aromatic N) is 1. The van der Waals surface area contributed by atoms with Crippen molar-refractivity contribution in [2.24, 2.45) is 5.92 Å². The quantitative estimate of drug-likeness (QED) is 0.782. The van der Waals surface area contributed by atoms with Crippen molar-refractivity contribution in [2.45, 2.75) is 32.3 Å². The molecule has 94 valence electrons. The maximum absolute atomic E-state index is 11.9. The molecule has 4 heteroatoms. The lowest BCUT2D eigenvalue weighted by Gasteiger charge is -2.46. The van der Waals surface area contributed by atoms with Crippen LogP contribution in [0.5, 0.6) is 0 Å². The topological polar surface area (TPSA) is 40.5 Å². The summed E-state index contributed by atoms with van der Waals surface area (Å²) in [6.45, 7) is 5.48. The largest absolute Gasteiger partial charge is 0.375 e. The molecule has 2 aliphatic carbocycles. The van der Waals surface area contributed by atoms with Crippen LogP contribution in [0.3, 0.4) is 0 Å². The van der Waals surface area contributed by atoms with Gasteiger partial charge in [-0.25, -0.2) is 0 Å². The van der Waals surface area contributed by atoms with Gasteiger partial charge in [0.1, 0.15) is 5.03 Å². The van der Waals surface area contributed by atoms with Gasteiger partial charge in [-0.2, -0.15) is 0 Å². The Kier molecular flexibility index (Phi) is 3.32. The van der Waals surface area contributed by atoms with E-state index >= 15 is 0 Å². The molecule has 2 unspecified atom stereocenters. The molecule has 0 saturated carbocycles. The number of allylic oxidation sites excluding steroid dienone is 1. The lowest BCUT2D eigenvalue weighted by Crippen LogP contribution is -2.59. The Morgan fingerprint density at radius 2 is 2.18 bits per heavy atom. The van der Waals surface area contributed by atoms with Crippen LogP contribution in [0, 0.1) is 5.92 Å². The lowest BCUT2D eigenvalue weighted by molar-refractivity contribution is -0.139. The Morgan fingerprint density at radius 1 is 1.53 bits per heavy atom. The number of carbonyl (C=O) groups excluding carboxylic acids is 1. The van der Waals surface area contributed by atoms with Crippen molar-refractivity contribution in [2.75, 3.05) is 13.1 Å². The van der Waals surface area contributed by atoms with Crippen LogP contribution in [-0.2, 0) is 4.79 Å². The Morgan fingerprint density at radius 3 is 2.65 bits per heavy atom. The van der Waals surface area contributed by atoms with Gasteiger partial charge in [-0.3, -0.25) is 4.79 Å². The second kappa shape index (κ2) is 4.46. The Bertz CT molecular complexity index is 398. The number of carbonyl (C=O) groups is 1. The van der Waals surface area contributed by atoms with Crippen LogP contribution >= 0.6 is 11.6 Å². The number of ketones is 1. The van der Waals surface area contributed by atoms with Crippen molar-refractivity contribution in [1.29, 1.82) is 0 Å². The first-order valence-corrected chi connectivity index (χ1v) is 6.54. The third-order valence-corrected chi connectivity index (χ3v) is 4.09. The SMILES string of the molecule is CCN(CC)C1=C(Cl)C(=O)C1(O)C1C=CCC1. The number of Topliss-reactive ketones (excluding diaryl/α,β-unsaturated/α-hetero) is 1. The molecule has 0 saturated heterocycles. The van der Waals surface area contributed by atoms with Gasteiger partial charge in [-0.1, -0.05) is 23.8 Å². The normalized spacial score (nSPS) is 32.0. The van der Waals surface area contributed by atoms with Crippen molar-refractivity contribution >= 4 is 17.4 Å². The van der Waals surface area contributed by atoms with Gasteiger partial charge in [0.05, 0.1) is 5.70 Å². The third-order valence-electron chi connectivity index (χ3n) is 3.74. The van der Waals surface area contributed by atoms with Gasteiger partial charge in [0, 0.05) is 19.0 Å². The zero-order valence-corrected chi connectivity index (χ0v) is 11.0. The molecular formula is C13H18ClNO2. The van der Waals surface area contributed by atoms with Gasteiger partial charge in [0.2, 0.25) is 5.78 Å². The van der Waals surface area contributed by atoms with E-state index in [-0.39, 0.29) is 16.7 Å². The van der Waals surface area contributed by atoms with Crippen molar-refractivity contribution in [3.63, 3.8) is 0 Å². The smallest absolute Gasteiger partial charge is 0.214 e. The summed E-state index contributed by atoms with van der Waals surface area (Å²) in [6, 6.07) is 0. The molecule has 0 fully saturated rings. The van der Waals surface area contributed by atoms with E-state index in [2.05, 4.69) is 0 Å². The molecule has 17 heavy (non-hydrogen) atoms. The third kappa shape index (κ3) is 1.64. The summed E-state index contributed by atoms with van der Waals surface area (Å²) in [6.07, 6.45) is 5.69. The number of aliphatic hydroxyl groups is 1. The summed E-state index contributed by atoms with van der Waals surface area (Å²) >= 11 is 5.98. The van der Waals surface area contributed by atoms with Crippen molar-refractivity contribution < 1.29 is 9.90 Å². The summed E-state index contributed by atoms with van der Waals surface area (Å²) < 4.78 is 0. The molecule has 2 atom stereocenters. The van der Waals surface area contributed by atoms with Crippen LogP contribution in [0.25, 0.3) is 0 Å². The van der Waals surface area contributed by atoms with E-state index in [1.54, 1.807) is 0 Å². The number of likely N-dealkylation sites (N-methyl/N-ethyl adjacent to an activating group) is 1. The second-order valence-electron chi connectivity index (χ2n) is 4.54. The van der Waals surface area contributed by atoms with Gasteiger partial charge in [0.25, 0.3) is 0 Å². The summed E-state index contributed by atoms with van der Waals surface area (Å²) in [5.74, 6) is -0.439. The maximum Gasteiger partial charge on any atom is 0.214 e. The standard InChI is InChI=1S/C13H18ClNO2/c1-3-15(4-2)11-10(14)12(16)13(11,17)9-7-5-6-8-9/h5,7,9,17H,3-4,6,8H2,1-2H3. The highest BCUT2D eigenvalue weighted by Crippen LogP contribution is 2.47. The summed E-state index contributed by atoms with van der Waals surface area (Å²) in [5, 5.41) is 10.9. The zero-order valence-electron chi connectivity index (χ0n) is 10.2. The van der Waals surface area contributed by atoms with E-state index in [1.165, 1.54) is 0 Å². The number of hydrogen-bond acceptors (Lipinski definition) is 3.